The predicted molar refractivity (Wildman–Crippen MR) is 213 cm³/mol. The summed E-state index contributed by atoms with van der Waals surface area (Å²) >= 11 is 0. The topological polar surface area (TPSA) is 86.7 Å². The van der Waals surface area contributed by atoms with Gasteiger partial charge in [-0.15, -0.1) is 0 Å². The van der Waals surface area contributed by atoms with E-state index in [1.807, 2.05) is 13.8 Å². The van der Waals surface area contributed by atoms with E-state index in [0.717, 1.165) is 25.4 Å². The number of sulfone groups is 1. The van der Waals surface area contributed by atoms with Crippen LogP contribution >= 0.6 is 0 Å². The summed E-state index contributed by atoms with van der Waals surface area (Å²) in [7, 11) is -3.02. The van der Waals surface area contributed by atoms with E-state index in [9.17, 15) is 22.7 Å². The molecule has 4 saturated carbocycles. The largest absolute Gasteiger partial charge is 0.481 e. The summed E-state index contributed by atoms with van der Waals surface area (Å²) in [6, 6.07) is 0. The minimum absolute atomic E-state index is 0.00911. The highest BCUT2D eigenvalue weighted by atomic mass is 32.2. The van der Waals surface area contributed by atoms with Gasteiger partial charge in [-0.3, -0.25) is 9.69 Å². The van der Waals surface area contributed by atoms with Gasteiger partial charge >= 0.3 is 5.97 Å². The molecule has 1 heterocycles. The maximum atomic E-state index is 14.0. The van der Waals surface area contributed by atoms with Crippen molar-refractivity contribution >= 4 is 15.8 Å². The van der Waals surface area contributed by atoms with Gasteiger partial charge in [0.15, 0.2) is 9.84 Å². The lowest BCUT2D eigenvalue weighted by atomic mass is 9.32. The third kappa shape index (κ3) is 5.84. The lowest BCUT2D eigenvalue weighted by Crippen LogP contribution is -2.68. The van der Waals surface area contributed by atoms with E-state index in [1.165, 1.54) is 62.5 Å². The Kier molecular flexibility index (Phi) is 10.1. The third-order valence-electron chi connectivity index (χ3n) is 18.6. The fourth-order valence-corrected chi connectivity index (χ4v) is 17.0. The van der Waals surface area contributed by atoms with E-state index in [4.69, 9.17) is 0 Å². The zero-order valence-corrected chi connectivity index (χ0v) is 35.5. The summed E-state index contributed by atoms with van der Waals surface area (Å²) in [6.07, 6.45) is 17.3. The van der Waals surface area contributed by atoms with E-state index in [0.29, 0.717) is 61.9 Å². The fourth-order valence-electron chi connectivity index (χ4n) is 15.4. The molecule has 0 aromatic heterocycles. The average Bonchev–Trinajstić information content (AvgIpc) is 3.47. The second kappa shape index (κ2) is 13.4. The van der Waals surface area contributed by atoms with Gasteiger partial charge in [0, 0.05) is 31.7 Å². The van der Waals surface area contributed by atoms with Crippen molar-refractivity contribution in [3.8, 4) is 0 Å². The SMILES string of the molecule is CC(C)[C@@H]1CC[C@]2(NCCN3CC(C)S(=O)(=O)C(C)C3)CC[C@]3(C)[C@H](CC[C@@H]4[C@@]5(C)CC=C(C6=CC[C@@](CF)(C(=O)O)CC6)C(C)(C)[C@@H]5CC[C@]43C)[C@@H]12. The zero-order valence-electron chi connectivity index (χ0n) is 34.7. The number of carbonyl (C=O) groups is 1. The van der Waals surface area contributed by atoms with Gasteiger partial charge in [-0.05, 0) is 159 Å². The van der Waals surface area contributed by atoms with Crippen molar-refractivity contribution in [2.75, 3.05) is 32.9 Å². The second-order valence-corrected chi connectivity index (χ2v) is 24.2. The number of carboxylic acid groups (broad SMARTS) is 1. The van der Waals surface area contributed by atoms with Gasteiger partial charge in [0.05, 0.1) is 15.9 Å². The number of aliphatic carboxylic acids is 1. The minimum Gasteiger partial charge on any atom is -0.481 e. The number of alkyl halides is 1. The van der Waals surface area contributed by atoms with E-state index in [1.54, 1.807) is 0 Å². The first-order chi connectivity index (χ1) is 24.7. The van der Waals surface area contributed by atoms with Crippen LogP contribution in [0.4, 0.5) is 4.39 Å². The van der Waals surface area contributed by atoms with E-state index in [-0.39, 0.29) is 37.7 Å². The van der Waals surface area contributed by atoms with Crippen molar-refractivity contribution in [2.45, 2.75) is 155 Å². The predicted octanol–water partition coefficient (Wildman–Crippen LogP) is 9.26. The molecule has 5 fully saturated rings. The fraction of sp³-hybridized carbons (Fsp3) is 0.889. The molecule has 8 heteroatoms. The van der Waals surface area contributed by atoms with Gasteiger partial charge in [0.1, 0.15) is 6.67 Å². The highest BCUT2D eigenvalue weighted by Crippen LogP contribution is 2.76. The molecule has 7 aliphatic rings. The quantitative estimate of drug-likeness (QED) is 0.257. The van der Waals surface area contributed by atoms with E-state index >= 15 is 0 Å². The van der Waals surface area contributed by atoms with E-state index < -0.39 is 27.9 Å². The highest BCUT2D eigenvalue weighted by molar-refractivity contribution is 7.92. The van der Waals surface area contributed by atoms with Crippen molar-refractivity contribution in [2.24, 2.45) is 62.6 Å². The number of allylic oxidation sites excluding steroid dienone is 4. The Morgan fingerprint density at radius 1 is 0.906 bits per heavy atom. The minimum atomic E-state index is -3.02. The summed E-state index contributed by atoms with van der Waals surface area (Å²) in [4.78, 5) is 14.4. The first-order valence-corrected chi connectivity index (χ1v) is 23.2. The maximum absolute atomic E-state index is 14.0. The number of rotatable bonds is 8. The molecule has 7 rings (SSSR count). The summed E-state index contributed by atoms with van der Waals surface area (Å²) < 4.78 is 39.4. The van der Waals surface area contributed by atoms with Crippen LogP contribution in [-0.2, 0) is 14.6 Å². The molecule has 0 spiro atoms. The highest BCUT2D eigenvalue weighted by Gasteiger charge is 2.70. The number of hydrogen-bond donors (Lipinski definition) is 2. The number of carboxylic acids is 1. The Bertz CT molecular complexity index is 1600. The number of fused-ring (bicyclic) bond motifs is 7. The molecular formula is C45H73FN2O4S. The van der Waals surface area contributed by atoms with Crippen LogP contribution in [-0.4, -0.2) is 73.3 Å². The average molecular weight is 757 g/mol. The Labute approximate surface area is 321 Å². The van der Waals surface area contributed by atoms with Crippen molar-refractivity contribution in [3.63, 3.8) is 0 Å². The number of nitrogens with one attached hydrogen (secondary N) is 1. The lowest BCUT2D eigenvalue weighted by Gasteiger charge is -2.72. The van der Waals surface area contributed by atoms with Gasteiger partial charge in [-0.25, -0.2) is 12.8 Å². The number of halogens is 1. The van der Waals surface area contributed by atoms with Crippen LogP contribution < -0.4 is 5.32 Å². The van der Waals surface area contributed by atoms with Gasteiger partial charge in [0.25, 0.3) is 0 Å². The Morgan fingerprint density at radius 3 is 2.21 bits per heavy atom. The Hall–Kier alpha value is -1.25. The third-order valence-corrected chi connectivity index (χ3v) is 21.2. The molecule has 2 N–H and O–H groups in total. The molecule has 53 heavy (non-hydrogen) atoms. The van der Waals surface area contributed by atoms with Crippen molar-refractivity contribution < 1.29 is 22.7 Å². The number of nitrogens with zero attached hydrogens (tertiary/aromatic N) is 1. The summed E-state index contributed by atoms with van der Waals surface area (Å²) in [5.41, 5.74) is 2.38. The molecule has 2 unspecified atom stereocenters. The van der Waals surface area contributed by atoms with Crippen LogP contribution in [0.5, 0.6) is 0 Å². The molecule has 6 aliphatic carbocycles. The molecule has 1 aliphatic heterocycles. The molecule has 0 bridgehead atoms. The molecule has 12 atom stereocenters. The van der Waals surface area contributed by atoms with Crippen LogP contribution in [0.15, 0.2) is 23.3 Å². The van der Waals surface area contributed by atoms with Gasteiger partial charge < -0.3 is 10.4 Å². The van der Waals surface area contributed by atoms with Crippen molar-refractivity contribution in [1.29, 1.82) is 0 Å². The molecule has 1 saturated heterocycles. The van der Waals surface area contributed by atoms with Crippen molar-refractivity contribution in [3.05, 3.63) is 23.3 Å². The zero-order chi connectivity index (χ0) is 38.6. The molecule has 0 radical (unpaired) electrons. The van der Waals surface area contributed by atoms with Crippen LogP contribution in [0.25, 0.3) is 0 Å². The van der Waals surface area contributed by atoms with Gasteiger partial charge in [0.2, 0.25) is 0 Å². The molecular weight excluding hydrogens is 684 g/mol. The van der Waals surface area contributed by atoms with Gasteiger partial charge in [-0.2, -0.15) is 0 Å². The molecule has 0 aromatic carbocycles. The first-order valence-electron chi connectivity index (χ1n) is 21.6. The van der Waals surface area contributed by atoms with Crippen LogP contribution in [0.1, 0.15) is 139 Å². The lowest BCUT2D eigenvalue weighted by molar-refractivity contribution is -0.223. The molecule has 0 amide bonds. The summed E-state index contributed by atoms with van der Waals surface area (Å²) in [6.45, 7) is 24.1. The normalized spacial score (nSPS) is 47.8. The van der Waals surface area contributed by atoms with Gasteiger partial charge in [-0.1, -0.05) is 60.6 Å². The van der Waals surface area contributed by atoms with Crippen LogP contribution in [0, 0.1) is 62.6 Å². The standard InChI is InChI=1S/C45H73FN2O4S/c1-29(2)33-14-21-45(47-24-25-48-26-30(3)53(51,52)31(4)27-48)23-22-42(8)35(38(33)45)10-11-37-41(7)17-15-34(40(5,6)36(41)16-18-43(37,42)9)32-12-19-44(28-46,20-13-32)39(49)50/h12,15,29-31,33,35-38,47H,10-11,13-14,16-28H2,1-9H3,(H,49,50)/t30?,31?,33-,35+,36-,37+,38+,41-,42+,43+,44+,45-/m0/s1. The van der Waals surface area contributed by atoms with Crippen LogP contribution in [0.3, 0.4) is 0 Å². The first kappa shape index (κ1) is 40.0. The smallest absolute Gasteiger partial charge is 0.312 e. The monoisotopic (exact) mass is 757 g/mol. The Morgan fingerprint density at radius 2 is 1.60 bits per heavy atom. The maximum Gasteiger partial charge on any atom is 0.312 e. The van der Waals surface area contributed by atoms with Crippen LogP contribution in [0.2, 0.25) is 0 Å². The summed E-state index contributed by atoms with van der Waals surface area (Å²) in [5, 5.41) is 13.5. The molecule has 6 nitrogen and oxygen atoms in total. The van der Waals surface area contributed by atoms with E-state index in [2.05, 4.69) is 70.8 Å². The summed E-state index contributed by atoms with van der Waals surface area (Å²) in [5.74, 6) is 3.03. The molecule has 300 valence electrons. The second-order valence-electron chi connectivity index (χ2n) is 21.4. The number of hydrogen-bond acceptors (Lipinski definition) is 5. The Balaban J connectivity index is 1.12. The molecule has 0 aromatic rings. The van der Waals surface area contributed by atoms with Crippen molar-refractivity contribution in [1.82, 2.24) is 10.2 Å².